The van der Waals surface area contributed by atoms with Crippen molar-refractivity contribution in [3.8, 4) is 5.75 Å². The highest BCUT2D eigenvalue weighted by Gasteiger charge is 2.36. The summed E-state index contributed by atoms with van der Waals surface area (Å²) in [7, 11) is -4.03. The lowest BCUT2D eigenvalue weighted by molar-refractivity contribution is -0.0587. The lowest BCUT2D eigenvalue weighted by atomic mass is 10.1. The molecule has 0 radical (unpaired) electrons. The van der Waals surface area contributed by atoms with Gasteiger partial charge in [-0.2, -0.15) is 13.2 Å². The number of alkyl halides is 3. The Morgan fingerprint density at radius 2 is 1.78 bits per heavy atom. The smallest absolute Gasteiger partial charge is 0.433 e. The zero-order valence-corrected chi connectivity index (χ0v) is 20.0. The van der Waals surface area contributed by atoms with Gasteiger partial charge in [-0.25, -0.2) is 12.8 Å². The Morgan fingerprint density at radius 1 is 1.08 bits per heavy atom. The summed E-state index contributed by atoms with van der Waals surface area (Å²) < 4.78 is 84.8. The van der Waals surface area contributed by atoms with Gasteiger partial charge in [-0.3, -0.25) is 10.1 Å². The summed E-state index contributed by atoms with van der Waals surface area (Å²) in [6.07, 6.45) is -5.93. The number of nitrogen functional groups attached to an aromatic ring is 1. The van der Waals surface area contributed by atoms with E-state index in [1.54, 1.807) is 6.07 Å². The van der Waals surface area contributed by atoms with E-state index in [-0.39, 0.29) is 47.3 Å². The van der Waals surface area contributed by atoms with Crippen LogP contribution < -0.4 is 20.5 Å². The van der Waals surface area contributed by atoms with Gasteiger partial charge in [0.05, 0.1) is 16.7 Å². The molecule has 0 unspecified atom stereocenters. The summed E-state index contributed by atoms with van der Waals surface area (Å²) in [6.45, 7) is 0.323. The lowest BCUT2D eigenvalue weighted by Crippen LogP contribution is -2.26. The maximum atomic E-state index is 14.2. The van der Waals surface area contributed by atoms with Crippen LogP contribution in [-0.2, 0) is 10.0 Å². The molecule has 0 spiro atoms. The van der Waals surface area contributed by atoms with Crippen LogP contribution in [0.3, 0.4) is 0 Å². The van der Waals surface area contributed by atoms with Crippen molar-refractivity contribution >= 4 is 27.1 Å². The van der Waals surface area contributed by atoms with Gasteiger partial charge in [0, 0.05) is 30.4 Å². The molecule has 0 saturated heterocycles. The Morgan fingerprint density at radius 3 is 2.43 bits per heavy atom. The van der Waals surface area contributed by atoms with Gasteiger partial charge in [0.1, 0.15) is 23.9 Å². The second-order valence-electron chi connectivity index (χ2n) is 7.85. The number of sulfonamides is 1. The normalized spacial score (nSPS) is 12.7. The number of aliphatic hydroxyl groups excluding tert-OH is 1. The fourth-order valence-corrected chi connectivity index (χ4v) is 4.32. The lowest BCUT2D eigenvalue weighted by Gasteiger charge is -2.16. The number of nitrogens with one attached hydrogen (secondary N) is 3. The van der Waals surface area contributed by atoms with Crippen LogP contribution in [0, 0.1) is 11.2 Å². The van der Waals surface area contributed by atoms with Crippen molar-refractivity contribution in [2.24, 2.45) is 0 Å². The van der Waals surface area contributed by atoms with Crippen LogP contribution in [0.25, 0.3) is 0 Å². The molecule has 0 fully saturated rings. The molecule has 6 N–H and O–H groups in total. The zero-order valence-electron chi connectivity index (χ0n) is 19.2. The van der Waals surface area contributed by atoms with Crippen LogP contribution in [0.2, 0.25) is 0 Å². The minimum absolute atomic E-state index is 0.0175. The van der Waals surface area contributed by atoms with Crippen LogP contribution >= 0.6 is 0 Å². The van der Waals surface area contributed by atoms with Crippen LogP contribution in [0.15, 0.2) is 71.6 Å². The van der Waals surface area contributed by atoms with E-state index in [9.17, 15) is 31.1 Å². The molecule has 3 rings (SSSR count). The fraction of sp³-hybridized carbons (Fsp3) is 0.208. The monoisotopic (exact) mass is 540 g/mol. The highest BCUT2D eigenvalue weighted by Crippen LogP contribution is 2.28. The summed E-state index contributed by atoms with van der Waals surface area (Å²) in [6, 6.07) is 14.5. The summed E-state index contributed by atoms with van der Waals surface area (Å²) >= 11 is 0. The Hall–Kier alpha value is -3.68. The molecular weight excluding hydrogens is 516 g/mol. The largest absolute Gasteiger partial charge is 0.492 e. The molecule has 198 valence electrons. The van der Waals surface area contributed by atoms with E-state index in [1.165, 1.54) is 48.5 Å². The third kappa shape index (κ3) is 7.41. The Bertz CT molecular complexity index is 1350. The zero-order chi connectivity index (χ0) is 27.2. The van der Waals surface area contributed by atoms with Gasteiger partial charge >= 0.3 is 6.18 Å². The third-order valence-electron chi connectivity index (χ3n) is 5.13. The number of hydrogen-bond acceptors (Lipinski definition) is 7. The van der Waals surface area contributed by atoms with E-state index in [2.05, 4.69) is 10.0 Å². The predicted octanol–water partition coefficient (Wildman–Crippen LogP) is 3.84. The van der Waals surface area contributed by atoms with E-state index < -0.39 is 39.4 Å². The number of ether oxygens (including phenoxy) is 1. The maximum absolute atomic E-state index is 14.2. The fourth-order valence-electron chi connectivity index (χ4n) is 3.24. The van der Waals surface area contributed by atoms with Crippen molar-refractivity contribution in [2.75, 3.05) is 30.2 Å². The van der Waals surface area contributed by atoms with E-state index in [0.29, 0.717) is 0 Å². The van der Waals surface area contributed by atoms with Gasteiger partial charge < -0.3 is 20.9 Å². The van der Waals surface area contributed by atoms with Crippen LogP contribution in [0.1, 0.15) is 17.2 Å². The van der Waals surface area contributed by atoms with Crippen molar-refractivity contribution in [1.82, 2.24) is 5.32 Å². The summed E-state index contributed by atoms with van der Waals surface area (Å²) in [5.74, 6) is -0.611. The third-order valence-corrected chi connectivity index (χ3v) is 6.52. The molecule has 0 heterocycles. The number of aliphatic hydroxyl groups is 1. The second kappa shape index (κ2) is 11.6. The molecule has 0 aliphatic carbocycles. The number of rotatable bonds is 11. The molecule has 13 heteroatoms. The minimum Gasteiger partial charge on any atom is -0.492 e. The van der Waals surface area contributed by atoms with Gasteiger partial charge in [-0.1, -0.05) is 24.3 Å². The SMILES string of the molecule is N=C(c1ccc(OCCNC[C@H](O)c2ccc(F)c(NS(=O)(=O)c3ccccc3)c2)cc1N)C(F)(F)F. The minimum atomic E-state index is -4.82. The molecule has 0 aromatic heterocycles. The number of hydrogen-bond donors (Lipinski definition) is 5. The molecule has 1 atom stereocenters. The number of benzene rings is 3. The Balaban J connectivity index is 1.52. The first-order chi connectivity index (χ1) is 17.4. The molecule has 8 nitrogen and oxygen atoms in total. The van der Waals surface area contributed by atoms with Gasteiger partial charge in [-0.05, 0) is 42.0 Å². The highest BCUT2D eigenvalue weighted by molar-refractivity contribution is 7.92. The van der Waals surface area contributed by atoms with Crippen molar-refractivity contribution in [2.45, 2.75) is 17.2 Å². The summed E-state index contributed by atoms with van der Waals surface area (Å²) in [5, 5.41) is 20.5. The highest BCUT2D eigenvalue weighted by atomic mass is 32.2. The molecule has 0 amide bonds. The van der Waals surface area contributed by atoms with E-state index in [1.807, 2.05) is 0 Å². The van der Waals surface area contributed by atoms with Crippen molar-refractivity contribution < 1.29 is 35.8 Å². The van der Waals surface area contributed by atoms with Crippen LogP contribution in [0.4, 0.5) is 28.9 Å². The van der Waals surface area contributed by atoms with Gasteiger partial charge in [0.15, 0.2) is 0 Å². The van der Waals surface area contributed by atoms with E-state index >= 15 is 0 Å². The summed E-state index contributed by atoms with van der Waals surface area (Å²) in [4.78, 5) is -0.0444. The average Bonchev–Trinajstić information content (AvgIpc) is 2.84. The molecule has 37 heavy (non-hydrogen) atoms. The summed E-state index contributed by atoms with van der Waals surface area (Å²) in [5.41, 5.74) is 3.30. The van der Waals surface area contributed by atoms with Crippen LogP contribution in [0.5, 0.6) is 5.75 Å². The average molecular weight is 541 g/mol. The van der Waals surface area contributed by atoms with Gasteiger partial charge in [-0.15, -0.1) is 0 Å². The van der Waals surface area contributed by atoms with E-state index in [0.717, 1.165) is 12.1 Å². The molecule has 0 bridgehead atoms. The molecule has 3 aromatic carbocycles. The maximum Gasteiger partial charge on any atom is 0.433 e. The van der Waals surface area contributed by atoms with Gasteiger partial charge in [0.25, 0.3) is 10.0 Å². The first kappa shape index (κ1) is 27.9. The molecule has 0 aliphatic rings. The Labute approximate surface area is 210 Å². The standard InChI is InChI=1S/C24H24F4N4O4S/c25-19-9-6-15(12-21(19)32-37(34,35)17-4-2-1-3-5-17)22(33)14-31-10-11-36-16-7-8-18(20(29)13-16)23(30)24(26,27)28/h1-9,12-13,22,30-33H,10-11,14,29H2/t22-/m0/s1. The molecule has 3 aromatic rings. The number of nitrogens with two attached hydrogens (primary N) is 1. The van der Waals surface area contributed by atoms with E-state index in [4.69, 9.17) is 15.9 Å². The quantitative estimate of drug-likeness (QED) is 0.108. The number of anilines is 2. The first-order valence-electron chi connectivity index (χ1n) is 10.8. The molecular formula is C24H24F4N4O4S. The number of halogens is 4. The van der Waals surface area contributed by atoms with Crippen molar-refractivity contribution in [1.29, 1.82) is 5.41 Å². The first-order valence-corrected chi connectivity index (χ1v) is 12.3. The van der Waals surface area contributed by atoms with Crippen molar-refractivity contribution in [3.05, 3.63) is 83.7 Å². The van der Waals surface area contributed by atoms with Crippen molar-refractivity contribution in [3.63, 3.8) is 0 Å². The van der Waals surface area contributed by atoms with Gasteiger partial charge in [0.2, 0.25) is 0 Å². The predicted molar refractivity (Wildman–Crippen MR) is 131 cm³/mol. The Kier molecular flexibility index (Phi) is 8.73. The topological polar surface area (TPSA) is 138 Å². The van der Waals surface area contributed by atoms with Crippen LogP contribution in [-0.4, -0.2) is 45.1 Å². The molecule has 0 saturated carbocycles. The second-order valence-corrected chi connectivity index (χ2v) is 9.53. The molecule has 0 aliphatic heterocycles.